The molecule has 0 atom stereocenters. The van der Waals surface area contributed by atoms with Crippen molar-refractivity contribution < 1.29 is 0 Å². The first-order valence-electron chi connectivity index (χ1n) is 14.0. The lowest BCUT2D eigenvalue weighted by Crippen LogP contribution is -1.96. The van der Waals surface area contributed by atoms with E-state index < -0.39 is 0 Å². The summed E-state index contributed by atoms with van der Waals surface area (Å²) in [5.41, 5.74) is 11.8. The fourth-order valence-corrected chi connectivity index (χ4v) is 5.17. The lowest BCUT2D eigenvalue weighted by atomic mass is 9.97. The summed E-state index contributed by atoms with van der Waals surface area (Å²) in [6, 6.07) is 52.7. The summed E-state index contributed by atoms with van der Waals surface area (Å²) in [6.45, 7) is 0. The molecule has 0 saturated heterocycles. The molecule has 0 aliphatic carbocycles. The predicted molar refractivity (Wildman–Crippen MR) is 172 cm³/mol. The molecule has 0 fully saturated rings. The summed E-state index contributed by atoms with van der Waals surface area (Å²) in [6.07, 6.45) is 3.58. The van der Waals surface area contributed by atoms with Gasteiger partial charge in [0.05, 0.1) is 11.4 Å². The van der Waals surface area contributed by atoms with Crippen LogP contribution in [0, 0.1) is 0 Å². The van der Waals surface area contributed by atoms with Gasteiger partial charge in [-0.05, 0) is 57.6 Å². The molecule has 42 heavy (non-hydrogen) atoms. The molecule has 3 heteroatoms. The highest BCUT2D eigenvalue weighted by atomic mass is 14.9. The second-order valence-electron chi connectivity index (χ2n) is 10.2. The molecule has 0 N–H and O–H groups in total. The third kappa shape index (κ3) is 5.36. The molecule has 0 bridgehead atoms. The second kappa shape index (κ2) is 11.4. The Balaban J connectivity index is 1.25. The van der Waals surface area contributed by atoms with Crippen LogP contribution in [-0.4, -0.2) is 15.0 Å². The van der Waals surface area contributed by atoms with Crippen LogP contribution in [0.2, 0.25) is 0 Å². The van der Waals surface area contributed by atoms with Gasteiger partial charge in [0.2, 0.25) is 0 Å². The minimum absolute atomic E-state index is 0.655. The van der Waals surface area contributed by atoms with E-state index >= 15 is 0 Å². The molecule has 198 valence electrons. The van der Waals surface area contributed by atoms with Crippen molar-refractivity contribution >= 4 is 0 Å². The van der Waals surface area contributed by atoms with Gasteiger partial charge in [0.25, 0.3) is 0 Å². The maximum atomic E-state index is 4.97. The largest absolute Gasteiger partial charge is 0.264 e. The van der Waals surface area contributed by atoms with Crippen molar-refractivity contribution in [3.63, 3.8) is 0 Å². The Labute approximate surface area is 245 Å². The van der Waals surface area contributed by atoms with E-state index in [2.05, 4.69) is 132 Å². The van der Waals surface area contributed by atoms with Gasteiger partial charge in [-0.15, -0.1) is 0 Å². The Hall–Kier alpha value is -5.67. The zero-order valence-corrected chi connectivity index (χ0v) is 22.9. The van der Waals surface area contributed by atoms with Gasteiger partial charge in [-0.1, -0.05) is 127 Å². The summed E-state index contributed by atoms with van der Waals surface area (Å²) in [4.78, 5) is 14.2. The lowest BCUT2D eigenvalue weighted by Gasteiger charge is -2.11. The van der Waals surface area contributed by atoms with E-state index in [-0.39, 0.29) is 0 Å². The molecule has 0 saturated carbocycles. The van der Waals surface area contributed by atoms with Gasteiger partial charge in [-0.2, -0.15) is 0 Å². The third-order valence-electron chi connectivity index (χ3n) is 7.42. The molecule has 0 aliphatic heterocycles. The van der Waals surface area contributed by atoms with E-state index in [9.17, 15) is 0 Å². The van der Waals surface area contributed by atoms with Crippen molar-refractivity contribution in [2.45, 2.75) is 0 Å². The molecule has 2 heterocycles. The van der Waals surface area contributed by atoms with Crippen molar-refractivity contribution in [3.05, 3.63) is 164 Å². The Morgan fingerprint density at radius 1 is 0.310 bits per heavy atom. The summed E-state index contributed by atoms with van der Waals surface area (Å²) >= 11 is 0. The monoisotopic (exact) mass is 537 g/mol. The first-order valence-corrected chi connectivity index (χ1v) is 14.0. The van der Waals surface area contributed by atoms with Crippen LogP contribution in [0.3, 0.4) is 0 Å². The SMILES string of the molecule is c1ccc(-c2ccc(-c3cc(-c4ccc(-c5cccc(-c6ccccc6)c5)cc4)nc(-c4cccnc4)n3)cc2)cc1. The highest BCUT2D eigenvalue weighted by molar-refractivity contribution is 5.77. The zero-order chi connectivity index (χ0) is 28.1. The summed E-state index contributed by atoms with van der Waals surface area (Å²) in [5.74, 6) is 0.655. The average Bonchev–Trinajstić information content (AvgIpc) is 3.09. The minimum Gasteiger partial charge on any atom is -0.264 e. The van der Waals surface area contributed by atoms with Crippen LogP contribution in [0.5, 0.6) is 0 Å². The molecule has 0 unspecified atom stereocenters. The van der Waals surface area contributed by atoms with E-state index in [0.717, 1.165) is 33.6 Å². The first kappa shape index (κ1) is 25.3. The number of nitrogens with zero attached hydrogens (tertiary/aromatic N) is 3. The Kier molecular flexibility index (Phi) is 6.89. The molecule has 7 rings (SSSR count). The molecular formula is C39H27N3. The number of pyridine rings is 1. The maximum Gasteiger partial charge on any atom is 0.161 e. The molecule has 0 radical (unpaired) electrons. The molecule has 3 nitrogen and oxygen atoms in total. The fourth-order valence-electron chi connectivity index (χ4n) is 5.17. The number of hydrogen-bond donors (Lipinski definition) is 0. The van der Waals surface area contributed by atoms with E-state index in [0.29, 0.717) is 5.82 Å². The minimum atomic E-state index is 0.655. The lowest BCUT2D eigenvalue weighted by molar-refractivity contribution is 1.17. The summed E-state index contributed by atoms with van der Waals surface area (Å²) < 4.78 is 0. The van der Waals surface area contributed by atoms with Gasteiger partial charge >= 0.3 is 0 Å². The van der Waals surface area contributed by atoms with Crippen molar-refractivity contribution in [1.82, 2.24) is 15.0 Å². The van der Waals surface area contributed by atoms with Crippen LogP contribution >= 0.6 is 0 Å². The van der Waals surface area contributed by atoms with Crippen LogP contribution in [0.1, 0.15) is 0 Å². The topological polar surface area (TPSA) is 38.7 Å². The second-order valence-corrected chi connectivity index (χ2v) is 10.2. The number of aromatic nitrogens is 3. The number of rotatable bonds is 6. The average molecular weight is 538 g/mol. The molecule has 2 aromatic heterocycles. The molecule has 0 aliphatic rings. The molecule has 7 aromatic rings. The number of benzene rings is 5. The van der Waals surface area contributed by atoms with Crippen molar-refractivity contribution in [2.24, 2.45) is 0 Å². The van der Waals surface area contributed by atoms with E-state index in [1.54, 1.807) is 6.20 Å². The van der Waals surface area contributed by atoms with E-state index in [1.807, 2.05) is 30.5 Å². The smallest absolute Gasteiger partial charge is 0.161 e. The predicted octanol–water partition coefficient (Wildman–Crippen LogP) is 9.87. The highest BCUT2D eigenvalue weighted by Gasteiger charge is 2.12. The molecule has 0 spiro atoms. The molecule has 5 aromatic carbocycles. The Bertz CT molecular complexity index is 1930. The van der Waals surface area contributed by atoms with Gasteiger partial charge in [0.1, 0.15) is 0 Å². The van der Waals surface area contributed by atoms with Gasteiger partial charge in [0.15, 0.2) is 5.82 Å². The first-order chi connectivity index (χ1) is 20.8. The van der Waals surface area contributed by atoms with Crippen molar-refractivity contribution in [3.8, 4) is 67.3 Å². The van der Waals surface area contributed by atoms with Gasteiger partial charge in [0, 0.05) is 29.1 Å². The van der Waals surface area contributed by atoms with Crippen LogP contribution < -0.4 is 0 Å². The van der Waals surface area contributed by atoms with Crippen LogP contribution in [0.4, 0.5) is 0 Å². The fraction of sp³-hybridized carbons (Fsp3) is 0. The van der Waals surface area contributed by atoms with Gasteiger partial charge in [-0.25, -0.2) is 9.97 Å². The quantitative estimate of drug-likeness (QED) is 0.212. The Morgan fingerprint density at radius 3 is 1.26 bits per heavy atom. The Morgan fingerprint density at radius 2 is 0.738 bits per heavy atom. The van der Waals surface area contributed by atoms with Crippen molar-refractivity contribution in [1.29, 1.82) is 0 Å². The number of hydrogen-bond acceptors (Lipinski definition) is 3. The molecular weight excluding hydrogens is 510 g/mol. The van der Waals surface area contributed by atoms with Gasteiger partial charge < -0.3 is 0 Å². The molecule has 0 amide bonds. The highest BCUT2D eigenvalue weighted by Crippen LogP contribution is 2.31. The van der Waals surface area contributed by atoms with E-state index in [1.165, 1.54) is 27.8 Å². The zero-order valence-electron chi connectivity index (χ0n) is 22.9. The van der Waals surface area contributed by atoms with E-state index in [4.69, 9.17) is 9.97 Å². The third-order valence-corrected chi connectivity index (χ3v) is 7.42. The van der Waals surface area contributed by atoms with Crippen LogP contribution in [0.15, 0.2) is 164 Å². The van der Waals surface area contributed by atoms with Crippen molar-refractivity contribution in [2.75, 3.05) is 0 Å². The normalized spacial score (nSPS) is 10.9. The standard InChI is InChI=1S/C39H27N3/c1-3-9-28(10-4-1)30-16-20-32(21-17-30)37-26-38(42-39(41-37)36-15-8-24-40-27-36)33-22-18-31(19-23-33)35-14-7-13-34(25-35)29-11-5-2-6-12-29/h1-27H. The van der Waals surface area contributed by atoms with Crippen LogP contribution in [0.25, 0.3) is 67.3 Å². The summed E-state index contributed by atoms with van der Waals surface area (Å²) in [5, 5.41) is 0. The van der Waals surface area contributed by atoms with Gasteiger partial charge in [-0.3, -0.25) is 4.98 Å². The van der Waals surface area contributed by atoms with Crippen LogP contribution in [-0.2, 0) is 0 Å². The summed E-state index contributed by atoms with van der Waals surface area (Å²) in [7, 11) is 0. The maximum absolute atomic E-state index is 4.97.